The Balaban J connectivity index is 2.10. The summed E-state index contributed by atoms with van der Waals surface area (Å²) in [4.78, 5) is -0.0818. The number of aromatic nitrogens is 2. The van der Waals surface area contributed by atoms with Crippen LogP contribution in [0.1, 0.15) is 5.56 Å². The molecule has 120 valence electrons. The zero-order valence-electron chi connectivity index (χ0n) is 12.2. The first-order valence-electron chi connectivity index (χ1n) is 6.50. The lowest BCUT2D eigenvalue weighted by atomic mass is 10.2. The lowest BCUT2D eigenvalue weighted by molar-refractivity contribution is 0.315. The van der Waals surface area contributed by atoms with Gasteiger partial charge in [-0.1, -0.05) is 17.7 Å². The van der Waals surface area contributed by atoms with E-state index < -0.39 is 10.0 Å². The summed E-state index contributed by atoms with van der Waals surface area (Å²) in [6.45, 7) is 1.85. The molecule has 0 aliphatic carbocycles. The second kappa shape index (κ2) is 5.71. The fraction of sp³-hybridized carbons (Fsp3) is 0.143. The SMILES string of the molecule is COc1ccc(C)cc1NS(=O)(=O)c1ccc(Cl)c2nonc12. The van der Waals surface area contributed by atoms with E-state index in [1.165, 1.54) is 19.2 Å². The highest BCUT2D eigenvalue weighted by Gasteiger charge is 2.23. The van der Waals surface area contributed by atoms with E-state index in [9.17, 15) is 8.42 Å². The van der Waals surface area contributed by atoms with Crippen LogP contribution >= 0.6 is 11.6 Å². The van der Waals surface area contributed by atoms with Crippen molar-refractivity contribution in [1.82, 2.24) is 10.3 Å². The number of nitrogens with one attached hydrogen (secondary N) is 1. The fourth-order valence-electron chi connectivity index (χ4n) is 2.13. The summed E-state index contributed by atoms with van der Waals surface area (Å²) < 4.78 is 37.6. The largest absolute Gasteiger partial charge is 0.495 e. The van der Waals surface area contributed by atoms with Crippen molar-refractivity contribution < 1.29 is 17.8 Å². The van der Waals surface area contributed by atoms with E-state index in [4.69, 9.17) is 16.3 Å². The molecule has 0 aliphatic rings. The van der Waals surface area contributed by atoms with Crippen molar-refractivity contribution in [2.24, 2.45) is 0 Å². The minimum Gasteiger partial charge on any atom is -0.495 e. The summed E-state index contributed by atoms with van der Waals surface area (Å²) in [5, 5.41) is 7.50. The fourth-order valence-corrected chi connectivity index (χ4v) is 3.51. The van der Waals surface area contributed by atoms with Crippen LogP contribution in [0.3, 0.4) is 0 Å². The quantitative estimate of drug-likeness (QED) is 0.774. The molecule has 3 rings (SSSR count). The number of halogens is 1. The molecule has 1 heterocycles. The number of hydrogen-bond acceptors (Lipinski definition) is 6. The van der Waals surface area contributed by atoms with Crippen LogP contribution < -0.4 is 9.46 Å². The topological polar surface area (TPSA) is 94.3 Å². The molecule has 0 atom stereocenters. The Kier molecular flexibility index (Phi) is 3.87. The summed E-state index contributed by atoms with van der Waals surface area (Å²) >= 11 is 5.95. The first-order valence-corrected chi connectivity index (χ1v) is 8.37. The van der Waals surface area contributed by atoms with Gasteiger partial charge in [0, 0.05) is 0 Å². The van der Waals surface area contributed by atoms with Gasteiger partial charge in [0.05, 0.1) is 17.8 Å². The summed E-state index contributed by atoms with van der Waals surface area (Å²) in [6.07, 6.45) is 0. The van der Waals surface area contributed by atoms with Crippen LogP contribution in [-0.4, -0.2) is 25.8 Å². The molecule has 3 aromatic rings. The van der Waals surface area contributed by atoms with Crippen LogP contribution in [0.4, 0.5) is 5.69 Å². The second-order valence-electron chi connectivity index (χ2n) is 4.82. The molecule has 7 nitrogen and oxygen atoms in total. The molecule has 0 aliphatic heterocycles. The zero-order valence-corrected chi connectivity index (χ0v) is 13.8. The van der Waals surface area contributed by atoms with Gasteiger partial charge in [-0.05, 0) is 47.1 Å². The Hall–Kier alpha value is -2.32. The van der Waals surface area contributed by atoms with Gasteiger partial charge in [0.25, 0.3) is 10.0 Å². The van der Waals surface area contributed by atoms with Crippen molar-refractivity contribution in [3.63, 3.8) is 0 Å². The normalized spacial score (nSPS) is 11.6. The lowest BCUT2D eigenvalue weighted by Crippen LogP contribution is -2.14. The van der Waals surface area contributed by atoms with Crippen molar-refractivity contribution in [3.05, 3.63) is 40.9 Å². The molecule has 0 saturated carbocycles. The maximum Gasteiger partial charge on any atom is 0.264 e. The molecule has 0 saturated heterocycles. The number of aryl methyl sites for hydroxylation is 1. The highest BCUT2D eigenvalue weighted by Crippen LogP contribution is 2.31. The minimum absolute atomic E-state index is 0.0663. The third kappa shape index (κ3) is 2.82. The second-order valence-corrected chi connectivity index (χ2v) is 6.87. The van der Waals surface area contributed by atoms with Gasteiger partial charge in [0.15, 0.2) is 11.0 Å². The molecule has 1 aromatic heterocycles. The van der Waals surface area contributed by atoms with E-state index in [2.05, 4.69) is 19.7 Å². The number of sulfonamides is 1. The Morgan fingerprint density at radius 1 is 1.17 bits per heavy atom. The third-order valence-electron chi connectivity index (χ3n) is 3.22. The zero-order chi connectivity index (χ0) is 16.6. The Labute approximate surface area is 137 Å². The maximum absolute atomic E-state index is 12.7. The van der Waals surface area contributed by atoms with Crippen LogP contribution in [-0.2, 0) is 10.0 Å². The lowest BCUT2D eigenvalue weighted by Gasteiger charge is -2.12. The van der Waals surface area contributed by atoms with E-state index in [0.717, 1.165) is 5.56 Å². The van der Waals surface area contributed by atoms with Crippen molar-refractivity contribution in [1.29, 1.82) is 0 Å². The standard InChI is InChI=1S/C14H12ClN3O4S/c1-8-3-5-11(21-2)10(7-8)18-23(19,20)12-6-4-9(15)13-14(12)17-22-16-13/h3-7,18H,1-2H3. The number of hydrogen-bond donors (Lipinski definition) is 1. The first kappa shape index (κ1) is 15.6. The maximum atomic E-state index is 12.7. The number of benzene rings is 2. The van der Waals surface area contributed by atoms with E-state index in [-0.39, 0.29) is 21.0 Å². The predicted molar refractivity (Wildman–Crippen MR) is 85.4 cm³/mol. The number of fused-ring (bicyclic) bond motifs is 1. The number of rotatable bonds is 4. The molecule has 0 fully saturated rings. The Morgan fingerprint density at radius 2 is 1.91 bits per heavy atom. The first-order chi connectivity index (χ1) is 10.9. The molecule has 0 amide bonds. The van der Waals surface area contributed by atoms with Crippen LogP contribution in [0.15, 0.2) is 39.9 Å². The predicted octanol–water partition coefficient (Wildman–Crippen LogP) is 2.99. The smallest absolute Gasteiger partial charge is 0.264 e. The molecule has 0 spiro atoms. The monoisotopic (exact) mass is 353 g/mol. The highest BCUT2D eigenvalue weighted by molar-refractivity contribution is 7.93. The summed E-state index contributed by atoms with van der Waals surface area (Å²) in [5.41, 5.74) is 1.46. The van der Waals surface area contributed by atoms with Gasteiger partial charge in [0.1, 0.15) is 10.6 Å². The van der Waals surface area contributed by atoms with Gasteiger partial charge in [0.2, 0.25) is 0 Å². The van der Waals surface area contributed by atoms with E-state index in [1.807, 2.05) is 13.0 Å². The minimum atomic E-state index is -3.93. The van der Waals surface area contributed by atoms with Gasteiger partial charge in [-0.15, -0.1) is 0 Å². The summed E-state index contributed by atoms with van der Waals surface area (Å²) in [7, 11) is -2.46. The van der Waals surface area contributed by atoms with E-state index in [1.54, 1.807) is 12.1 Å². The van der Waals surface area contributed by atoms with Gasteiger partial charge >= 0.3 is 0 Å². The Bertz CT molecular complexity index is 985. The Morgan fingerprint density at radius 3 is 2.65 bits per heavy atom. The molecule has 0 radical (unpaired) electrons. The third-order valence-corrected chi connectivity index (χ3v) is 4.92. The molecule has 23 heavy (non-hydrogen) atoms. The number of anilines is 1. The van der Waals surface area contributed by atoms with Gasteiger partial charge in [-0.2, -0.15) is 0 Å². The van der Waals surface area contributed by atoms with E-state index in [0.29, 0.717) is 11.4 Å². The number of ether oxygens (including phenoxy) is 1. The van der Waals surface area contributed by atoms with E-state index >= 15 is 0 Å². The van der Waals surface area contributed by atoms with Crippen molar-refractivity contribution in [2.75, 3.05) is 11.8 Å². The molecule has 0 unspecified atom stereocenters. The van der Waals surface area contributed by atoms with Gasteiger partial charge < -0.3 is 4.74 Å². The number of nitrogens with zero attached hydrogens (tertiary/aromatic N) is 2. The van der Waals surface area contributed by atoms with Crippen LogP contribution in [0.2, 0.25) is 5.02 Å². The van der Waals surface area contributed by atoms with Gasteiger partial charge in [-0.3, -0.25) is 4.72 Å². The molecule has 2 aromatic carbocycles. The summed E-state index contributed by atoms with van der Waals surface area (Å²) in [6, 6.07) is 7.95. The van der Waals surface area contributed by atoms with Crippen LogP contribution in [0.25, 0.3) is 11.0 Å². The number of methoxy groups -OCH3 is 1. The van der Waals surface area contributed by atoms with Crippen molar-refractivity contribution in [2.45, 2.75) is 11.8 Å². The van der Waals surface area contributed by atoms with Crippen LogP contribution in [0.5, 0.6) is 5.75 Å². The molecule has 9 heteroatoms. The molecule has 0 bridgehead atoms. The van der Waals surface area contributed by atoms with Crippen LogP contribution in [0, 0.1) is 6.92 Å². The molecular weight excluding hydrogens is 342 g/mol. The average molecular weight is 354 g/mol. The average Bonchev–Trinajstić information content (AvgIpc) is 2.97. The van der Waals surface area contributed by atoms with Crippen molar-refractivity contribution >= 4 is 38.3 Å². The summed E-state index contributed by atoms with van der Waals surface area (Å²) in [5.74, 6) is 0.405. The highest BCUT2D eigenvalue weighted by atomic mass is 35.5. The molecular formula is C14H12ClN3O4S. The molecule has 1 N–H and O–H groups in total. The van der Waals surface area contributed by atoms with Gasteiger partial charge in [-0.25, -0.2) is 13.0 Å². The van der Waals surface area contributed by atoms with Crippen molar-refractivity contribution in [3.8, 4) is 5.75 Å².